The van der Waals surface area contributed by atoms with Gasteiger partial charge in [-0.05, 0) is 148 Å². The number of ether oxygens (including phenoxy) is 2. The maximum absolute atomic E-state index is 15.5. The number of carboxylic acid groups (broad SMARTS) is 1. The maximum Gasteiger partial charge on any atom is 0.419 e. The number of phenols is 1. The van der Waals surface area contributed by atoms with Gasteiger partial charge in [-0.1, -0.05) is 240 Å². The van der Waals surface area contributed by atoms with E-state index < -0.39 is 186 Å². The number of aromatic nitrogens is 3. The first-order valence-electron chi connectivity index (χ1n) is 44.3. The number of carbonyl (C=O) groups excluding carboxylic acids is 11. The zero-order chi connectivity index (χ0) is 94.0. The van der Waals surface area contributed by atoms with Crippen molar-refractivity contribution in [3.8, 4) is 5.75 Å². The number of carbonyl (C=O) groups is 12. The van der Waals surface area contributed by atoms with Crippen molar-refractivity contribution in [1.29, 1.82) is 0 Å². The van der Waals surface area contributed by atoms with E-state index in [-0.39, 0.29) is 50.2 Å². The Labute approximate surface area is 764 Å². The first-order chi connectivity index (χ1) is 62.0. The van der Waals surface area contributed by atoms with E-state index in [2.05, 4.69) is 31.9 Å². The van der Waals surface area contributed by atoms with Crippen LogP contribution in [0.25, 0.3) is 10.9 Å². The molecule has 10 rings (SSSR count). The first kappa shape index (κ1) is 99.2. The summed E-state index contributed by atoms with van der Waals surface area (Å²) in [4.78, 5) is 181. The minimum Gasteiger partial charge on any atom is -0.508 e. The fraction of sp³-hybridized carbons (Fsp3) is 0.375. The summed E-state index contributed by atoms with van der Waals surface area (Å²) >= 11 is 1.39. The molecule has 0 aliphatic heterocycles. The van der Waals surface area contributed by atoms with Crippen molar-refractivity contribution in [2.24, 2.45) is 23.7 Å². The van der Waals surface area contributed by atoms with E-state index in [0.717, 1.165) is 16.7 Å². The summed E-state index contributed by atoms with van der Waals surface area (Å²) in [6.07, 6.45) is 1.30. The molecule has 2 heterocycles. The molecule has 0 bridgehead atoms. The predicted molar refractivity (Wildman–Crippen MR) is 501 cm³/mol. The molecule has 0 spiro atoms. The van der Waals surface area contributed by atoms with E-state index >= 15 is 33.6 Å². The molecule has 130 heavy (non-hydrogen) atoms. The molecule has 0 fully saturated rings. The van der Waals surface area contributed by atoms with Gasteiger partial charge in [0.2, 0.25) is 35.4 Å². The van der Waals surface area contributed by atoms with Crippen molar-refractivity contribution in [2.75, 3.05) is 12.0 Å². The zero-order valence-electron chi connectivity index (χ0n) is 76.0. The van der Waals surface area contributed by atoms with Crippen molar-refractivity contribution in [3.63, 3.8) is 0 Å². The van der Waals surface area contributed by atoms with E-state index in [0.29, 0.717) is 50.2 Å². The summed E-state index contributed by atoms with van der Waals surface area (Å²) in [5, 5.41) is 38.5. The summed E-state index contributed by atoms with van der Waals surface area (Å²) in [6.45, 7) is 18.8. The molecule has 0 saturated heterocycles. The highest BCUT2D eigenvalue weighted by atomic mass is 32.2. The lowest BCUT2D eigenvalue weighted by atomic mass is 9.76. The van der Waals surface area contributed by atoms with Crippen LogP contribution in [0.2, 0.25) is 0 Å². The number of hydrogen-bond acceptors (Lipinski definition) is 17. The maximum atomic E-state index is 15.5. The number of phenolic OH excluding ortho intramolecular Hbond substituents is 1. The third-order valence-electron chi connectivity index (χ3n) is 22.9. The van der Waals surface area contributed by atoms with Gasteiger partial charge >= 0.3 is 12.1 Å². The molecule has 2 aromatic heterocycles. The summed E-state index contributed by atoms with van der Waals surface area (Å²) in [6, 6.07) is 63.3. The largest absolute Gasteiger partial charge is 0.508 e. The van der Waals surface area contributed by atoms with Crippen molar-refractivity contribution >= 4 is 93.3 Å². The Hall–Kier alpha value is -12.9. The van der Waals surface area contributed by atoms with Crippen molar-refractivity contribution in [1.82, 2.24) is 46.0 Å². The lowest BCUT2D eigenvalue weighted by Gasteiger charge is -2.37. The number of nitrogens with zero attached hydrogens (tertiary/aromatic N) is 3. The van der Waals surface area contributed by atoms with Crippen LogP contribution >= 0.6 is 11.8 Å². The molecule has 9 atom stereocenters. The van der Waals surface area contributed by atoms with Crippen LogP contribution in [-0.4, -0.2) is 154 Å². The third-order valence-corrected chi connectivity index (χ3v) is 23.5. The predicted octanol–water partition coefficient (Wildman–Crippen LogP) is 14.7. The lowest BCUT2D eigenvalue weighted by molar-refractivity contribution is -0.142. The minimum atomic E-state index is -1.47. The molecule has 684 valence electrons. The van der Waals surface area contributed by atoms with Gasteiger partial charge in [0.15, 0.2) is 23.1 Å². The molecule has 0 saturated carbocycles. The molecule has 25 nitrogen and oxygen atoms in total. The summed E-state index contributed by atoms with van der Waals surface area (Å²) in [5.74, 6) is -11.6. The normalized spacial score (nSPS) is 13.9. The second-order valence-corrected chi connectivity index (χ2v) is 36.6. The van der Waals surface area contributed by atoms with Gasteiger partial charge in [-0.2, -0.15) is 11.8 Å². The quantitative estimate of drug-likeness (QED) is 0.0164. The lowest BCUT2D eigenvalue weighted by Crippen LogP contribution is -2.52. The number of amides is 6. The van der Waals surface area contributed by atoms with E-state index in [1.54, 1.807) is 111 Å². The molecule has 0 radical (unpaired) electrons. The molecule has 8 N–H and O–H groups in total. The van der Waals surface area contributed by atoms with Gasteiger partial charge in [0.05, 0.1) is 53.8 Å². The fourth-order valence-corrected chi connectivity index (χ4v) is 17.1. The number of imidazole rings is 1. The number of carboxylic acids is 1. The van der Waals surface area contributed by atoms with Crippen molar-refractivity contribution in [2.45, 2.75) is 212 Å². The molecule has 8 unspecified atom stereocenters. The SMILES string of the molecule is CCC(=O)NC(CC(=O)NC(c1ccccc1)(c1ccccc1)c1ccccc1)C(=O)CC(CC(C)C)C(=O)NC(Cc1cn(C(=O)OC(C)(C)C)c2ccccc12)C(=O)CC(C)C(=O)NC(C(=O)CCC(=O)NC(Cc1cn(C(c2ccccc2)(c2ccccc2)c2ccccc2)cn1)C(=O)C[C@H](Cc1ccc(O)cc1)C(=O)NC(CCSC)C(=O)O)C(C)OC(C)(C)C. The van der Waals surface area contributed by atoms with Gasteiger partial charge in [-0.15, -0.1) is 0 Å². The number of para-hydroxylation sites is 1. The van der Waals surface area contributed by atoms with Crippen LogP contribution in [0.5, 0.6) is 5.75 Å². The van der Waals surface area contributed by atoms with Crippen LogP contribution < -0.4 is 31.9 Å². The number of Topliss-reactive ketones (excluding diaryl/α,β-unsaturated/α-hetero) is 4. The second kappa shape index (κ2) is 45.9. The Balaban J connectivity index is 0.929. The highest BCUT2D eigenvalue weighted by Gasteiger charge is 2.43. The van der Waals surface area contributed by atoms with Gasteiger partial charge in [0, 0.05) is 86.9 Å². The van der Waals surface area contributed by atoms with E-state index in [1.807, 2.05) is 200 Å². The number of aromatic hydroxyl groups is 1. The highest BCUT2D eigenvalue weighted by molar-refractivity contribution is 7.98. The number of benzene rings is 8. The Morgan fingerprint density at radius 1 is 0.469 bits per heavy atom. The topological polar surface area (TPSA) is 359 Å². The van der Waals surface area contributed by atoms with Gasteiger partial charge in [-0.3, -0.25) is 52.5 Å². The number of ketones is 4. The van der Waals surface area contributed by atoms with Crippen LogP contribution in [0.15, 0.2) is 249 Å². The molecule has 26 heteroatoms. The van der Waals surface area contributed by atoms with Crippen LogP contribution in [0, 0.1) is 23.7 Å². The highest BCUT2D eigenvalue weighted by Crippen LogP contribution is 2.42. The number of nitrogens with one attached hydrogen (secondary N) is 6. The van der Waals surface area contributed by atoms with Crippen LogP contribution in [-0.2, 0) is 92.6 Å². The smallest absolute Gasteiger partial charge is 0.419 e. The molecular formula is C104H121N9O16S. The van der Waals surface area contributed by atoms with E-state index in [4.69, 9.17) is 14.5 Å². The summed E-state index contributed by atoms with van der Waals surface area (Å²) < 4.78 is 15.5. The van der Waals surface area contributed by atoms with Gasteiger partial charge in [0.1, 0.15) is 34.5 Å². The molecule has 8 aromatic carbocycles. The first-order valence-corrected chi connectivity index (χ1v) is 45.7. The molecular weight excluding hydrogens is 1660 g/mol. The van der Waals surface area contributed by atoms with E-state index in [9.17, 15) is 34.2 Å². The average molecular weight is 1790 g/mol. The van der Waals surface area contributed by atoms with Gasteiger partial charge in [-0.25, -0.2) is 14.6 Å². The van der Waals surface area contributed by atoms with E-state index in [1.165, 1.54) is 41.6 Å². The number of fused-ring (bicyclic) bond motifs is 1. The Kier molecular flexibility index (Phi) is 35.0. The summed E-state index contributed by atoms with van der Waals surface area (Å²) in [5.41, 5.74) is 2.29. The van der Waals surface area contributed by atoms with Crippen LogP contribution in [0.4, 0.5) is 4.79 Å². The Morgan fingerprint density at radius 3 is 1.45 bits per heavy atom. The van der Waals surface area contributed by atoms with Gasteiger partial charge < -0.3 is 56.2 Å². The van der Waals surface area contributed by atoms with Crippen LogP contribution in [0.1, 0.15) is 184 Å². The molecule has 0 aliphatic carbocycles. The number of hydrogen-bond donors (Lipinski definition) is 8. The van der Waals surface area contributed by atoms with Crippen molar-refractivity contribution in [3.05, 3.63) is 299 Å². The molecule has 0 aliphatic rings. The second-order valence-electron chi connectivity index (χ2n) is 35.6. The average Bonchev–Trinajstić information content (AvgIpc) is 1.32. The monoisotopic (exact) mass is 1780 g/mol. The summed E-state index contributed by atoms with van der Waals surface area (Å²) in [7, 11) is 0. The standard InChI is InChI=1S/C104H121N9O16S/c1-13-92(119)106-86(63-94(121)111-103(74-34-20-14-21-35-74,75-36-22-15-23-37-75)76-38-24-16-25-39-76)91(118)60-71(56-67(2)3)97(123)109-84(59-73-64-113(100(127)129-102(9,10)11)87-47-33-32-46-82(73)87)89(116)57-68(4)96(122)110-95(69(5)128-101(6,7)8)88(115)52-53-93(120)107-85(90(117)61-72(58-70-48-50-81(114)51-49-70)98(124)108-83(99(125)126)54-55-130-12)62-80-65-112(66-105-80)104(77-40-26-17-27-41-77,78-42-28-18-29-43-78)79-44-30-19-31-45-79/h14-51,64-69,71-72,83-86,95,114H,13,52-63H2,1-12H3,(H,106,119)(H,107,120)(H,108,124)(H,109,123)(H,110,122)(H,111,121)(H,125,126)/t68?,69?,71?,72-,83?,84?,85?,86?,95?/m0/s1. The number of rotatable bonds is 46. The number of thioether (sulfide) groups is 1. The minimum absolute atomic E-state index is 0.0444. The zero-order valence-corrected chi connectivity index (χ0v) is 76.8. The Morgan fingerprint density at radius 2 is 0.946 bits per heavy atom. The van der Waals surface area contributed by atoms with Gasteiger partial charge in [0.25, 0.3) is 0 Å². The molecule has 6 amide bonds. The molecule has 10 aromatic rings. The van der Waals surface area contributed by atoms with Crippen molar-refractivity contribution < 1.29 is 77.2 Å². The fourth-order valence-electron chi connectivity index (χ4n) is 16.6. The van der Waals surface area contributed by atoms with Crippen LogP contribution in [0.3, 0.4) is 0 Å². The number of aliphatic carboxylic acids is 1. The third kappa shape index (κ3) is 26.6. The Bertz CT molecular complexity index is 5330.